The minimum Gasteiger partial charge on any atom is -0.376 e. The number of carbonyl (C=O) groups excluding carboxylic acids is 1. The fourth-order valence-corrected chi connectivity index (χ4v) is 4.60. The first-order chi connectivity index (χ1) is 14.1. The van der Waals surface area contributed by atoms with Gasteiger partial charge >= 0.3 is 0 Å². The Balaban J connectivity index is 1.45. The lowest BCUT2D eigenvalue weighted by Gasteiger charge is -2.12. The van der Waals surface area contributed by atoms with Crippen LogP contribution >= 0.6 is 11.3 Å². The van der Waals surface area contributed by atoms with Crippen molar-refractivity contribution in [3.8, 4) is 0 Å². The molecule has 0 spiro atoms. The standard InChI is InChI=1S/C21H23FN4O2S/c1-13-17-19(24-11-15-6-4-10-28-15)25-12-26-21(17)29-18(13)20(27)23-9-8-14-5-2-3-7-16(14)22/h2-3,5,7,12,15H,4,6,8-11H2,1H3,(H,23,27)(H,24,25,26)/t15-/m1/s1. The van der Waals surface area contributed by atoms with Gasteiger partial charge in [0, 0.05) is 19.7 Å². The first-order valence-electron chi connectivity index (χ1n) is 9.74. The summed E-state index contributed by atoms with van der Waals surface area (Å²) in [4.78, 5) is 22.8. The van der Waals surface area contributed by atoms with Crippen LogP contribution in [0.1, 0.15) is 33.6 Å². The van der Waals surface area contributed by atoms with Crippen molar-refractivity contribution in [2.75, 3.05) is 25.0 Å². The minimum absolute atomic E-state index is 0.174. The number of anilines is 1. The molecule has 0 aliphatic carbocycles. The van der Waals surface area contributed by atoms with Crippen molar-refractivity contribution in [3.05, 3.63) is 52.4 Å². The van der Waals surface area contributed by atoms with Gasteiger partial charge in [0.05, 0.1) is 16.4 Å². The van der Waals surface area contributed by atoms with Crippen molar-refractivity contribution in [3.63, 3.8) is 0 Å². The predicted octanol–water partition coefficient (Wildman–Crippen LogP) is 3.70. The Kier molecular flexibility index (Phi) is 6.01. The molecule has 0 saturated carbocycles. The van der Waals surface area contributed by atoms with E-state index in [1.54, 1.807) is 18.2 Å². The number of amides is 1. The van der Waals surface area contributed by atoms with E-state index in [1.807, 2.05) is 6.92 Å². The molecular formula is C21H23FN4O2S. The molecule has 29 heavy (non-hydrogen) atoms. The van der Waals surface area contributed by atoms with Gasteiger partial charge < -0.3 is 15.4 Å². The van der Waals surface area contributed by atoms with Crippen molar-refractivity contribution in [1.82, 2.24) is 15.3 Å². The van der Waals surface area contributed by atoms with Gasteiger partial charge in [-0.15, -0.1) is 11.3 Å². The van der Waals surface area contributed by atoms with E-state index < -0.39 is 0 Å². The van der Waals surface area contributed by atoms with Crippen LogP contribution in [-0.4, -0.2) is 41.7 Å². The zero-order chi connectivity index (χ0) is 20.2. The maximum atomic E-state index is 13.7. The Morgan fingerprint density at radius 1 is 1.34 bits per heavy atom. The highest BCUT2D eigenvalue weighted by molar-refractivity contribution is 7.20. The molecule has 1 fully saturated rings. The Labute approximate surface area is 172 Å². The Morgan fingerprint density at radius 2 is 2.21 bits per heavy atom. The van der Waals surface area contributed by atoms with E-state index in [0.717, 1.165) is 41.0 Å². The molecule has 0 unspecified atom stereocenters. The van der Waals surface area contributed by atoms with Gasteiger partial charge in [-0.05, 0) is 43.4 Å². The second kappa shape index (κ2) is 8.84. The van der Waals surface area contributed by atoms with Crippen molar-refractivity contribution >= 4 is 33.3 Å². The van der Waals surface area contributed by atoms with E-state index >= 15 is 0 Å². The van der Waals surface area contributed by atoms with Crippen LogP contribution in [0.2, 0.25) is 0 Å². The predicted molar refractivity (Wildman–Crippen MR) is 112 cm³/mol. The average molecular weight is 415 g/mol. The normalized spacial score (nSPS) is 16.3. The lowest BCUT2D eigenvalue weighted by Crippen LogP contribution is -2.25. The molecule has 1 amide bonds. The molecule has 1 aliphatic heterocycles. The third-order valence-electron chi connectivity index (χ3n) is 5.09. The van der Waals surface area contributed by atoms with Crippen LogP contribution in [0.5, 0.6) is 0 Å². The Bertz CT molecular complexity index is 1020. The summed E-state index contributed by atoms with van der Waals surface area (Å²) in [7, 11) is 0. The van der Waals surface area contributed by atoms with E-state index in [9.17, 15) is 9.18 Å². The van der Waals surface area contributed by atoms with Crippen molar-refractivity contribution in [2.45, 2.75) is 32.3 Å². The molecule has 1 saturated heterocycles. The van der Waals surface area contributed by atoms with E-state index in [0.29, 0.717) is 30.0 Å². The number of ether oxygens (including phenoxy) is 1. The van der Waals surface area contributed by atoms with Crippen molar-refractivity contribution in [1.29, 1.82) is 0 Å². The molecule has 4 rings (SSSR count). The summed E-state index contributed by atoms with van der Waals surface area (Å²) in [5.74, 6) is 0.300. The monoisotopic (exact) mass is 414 g/mol. The summed E-state index contributed by atoms with van der Waals surface area (Å²) in [6.45, 7) is 3.76. The number of nitrogens with zero attached hydrogens (tertiary/aromatic N) is 2. The smallest absolute Gasteiger partial charge is 0.261 e. The Morgan fingerprint density at radius 3 is 3.00 bits per heavy atom. The molecule has 8 heteroatoms. The van der Waals surface area contributed by atoms with Crippen LogP contribution < -0.4 is 10.6 Å². The quantitative estimate of drug-likeness (QED) is 0.617. The van der Waals surface area contributed by atoms with E-state index in [-0.39, 0.29) is 17.8 Å². The number of rotatable bonds is 7. The van der Waals surface area contributed by atoms with Crippen LogP contribution in [0.3, 0.4) is 0 Å². The number of hydrogen-bond acceptors (Lipinski definition) is 6. The van der Waals surface area contributed by atoms with E-state index in [2.05, 4.69) is 20.6 Å². The second-order valence-corrected chi connectivity index (χ2v) is 8.07. The zero-order valence-corrected chi connectivity index (χ0v) is 17.0. The molecule has 2 aromatic heterocycles. The molecule has 1 atom stereocenters. The van der Waals surface area contributed by atoms with Crippen LogP contribution in [0.25, 0.3) is 10.2 Å². The molecule has 1 aromatic carbocycles. The van der Waals surface area contributed by atoms with Gasteiger partial charge in [0.15, 0.2) is 0 Å². The lowest BCUT2D eigenvalue weighted by atomic mass is 10.1. The van der Waals surface area contributed by atoms with Crippen LogP contribution in [0.4, 0.5) is 10.2 Å². The van der Waals surface area contributed by atoms with Gasteiger partial charge in [-0.2, -0.15) is 0 Å². The maximum Gasteiger partial charge on any atom is 0.261 e. The van der Waals surface area contributed by atoms with Gasteiger partial charge in [-0.25, -0.2) is 14.4 Å². The number of thiophene rings is 1. The molecule has 3 aromatic rings. The topological polar surface area (TPSA) is 76.1 Å². The second-order valence-electron chi connectivity index (χ2n) is 7.07. The van der Waals surface area contributed by atoms with Gasteiger partial charge in [-0.3, -0.25) is 4.79 Å². The number of aromatic nitrogens is 2. The number of aryl methyl sites for hydroxylation is 1. The first kappa shape index (κ1) is 19.7. The summed E-state index contributed by atoms with van der Waals surface area (Å²) >= 11 is 1.35. The summed E-state index contributed by atoms with van der Waals surface area (Å²) < 4.78 is 19.4. The van der Waals surface area contributed by atoms with Gasteiger partial charge in [0.1, 0.15) is 22.8 Å². The highest BCUT2D eigenvalue weighted by Crippen LogP contribution is 2.33. The minimum atomic E-state index is -0.253. The maximum absolute atomic E-state index is 13.7. The van der Waals surface area contributed by atoms with Gasteiger partial charge in [-0.1, -0.05) is 18.2 Å². The zero-order valence-electron chi connectivity index (χ0n) is 16.2. The lowest BCUT2D eigenvalue weighted by molar-refractivity contribution is 0.0957. The highest BCUT2D eigenvalue weighted by atomic mass is 32.1. The molecule has 0 radical (unpaired) electrons. The molecule has 152 valence electrons. The number of nitrogens with one attached hydrogen (secondary N) is 2. The fourth-order valence-electron chi connectivity index (χ4n) is 3.53. The third-order valence-corrected chi connectivity index (χ3v) is 6.29. The van der Waals surface area contributed by atoms with E-state index in [4.69, 9.17) is 4.74 Å². The molecule has 0 bridgehead atoms. The summed E-state index contributed by atoms with van der Waals surface area (Å²) in [6.07, 6.45) is 4.27. The number of hydrogen-bond donors (Lipinski definition) is 2. The summed E-state index contributed by atoms with van der Waals surface area (Å²) in [5.41, 5.74) is 1.44. The number of fused-ring (bicyclic) bond motifs is 1. The van der Waals surface area contributed by atoms with Gasteiger partial charge in [0.25, 0.3) is 5.91 Å². The van der Waals surface area contributed by atoms with Crippen molar-refractivity contribution < 1.29 is 13.9 Å². The Hall–Kier alpha value is -2.58. The molecule has 3 heterocycles. The van der Waals surface area contributed by atoms with Crippen molar-refractivity contribution in [2.24, 2.45) is 0 Å². The molecule has 1 aliphatic rings. The number of halogens is 1. The number of benzene rings is 1. The largest absolute Gasteiger partial charge is 0.376 e. The van der Waals surface area contributed by atoms with Crippen LogP contribution in [-0.2, 0) is 11.2 Å². The molecule has 6 nitrogen and oxygen atoms in total. The van der Waals surface area contributed by atoms with Crippen LogP contribution in [0.15, 0.2) is 30.6 Å². The molecular weight excluding hydrogens is 391 g/mol. The van der Waals surface area contributed by atoms with Crippen LogP contribution in [0, 0.1) is 12.7 Å². The third kappa shape index (κ3) is 4.38. The highest BCUT2D eigenvalue weighted by Gasteiger charge is 2.21. The average Bonchev–Trinajstić information content (AvgIpc) is 3.36. The van der Waals surface area contributed by atoms with E-state index in [1.165, 1.54) is 23.7 Å². The number of carbonyl (C=O) groups is 1. The first-order valence-corrected chi connectivity index (χ1v) is 10.6. The SMILES string of the molecule is Cc1c(C(=O)NCCc2ccccc2F)sc2ncnc(NC[C@H]3CCCO3)c12. The molecule has 2 N–H and O–H groups in total. The fraction of sp³-hybridized carbons (Fsp3) is 0.381. The van der Waals surface area contributed by atoms with Gasteiger partial charge in [0.2, 0.25) is 0 Å². The summed E-state index contributed by atoms with van der Waals surface area (Å²) in [6, 6.07) is 6.61. The summed E-state index contributed by atoms with van der Waals surface area (Å²) in [5, 5.41) is 7.11.